The topological polar surface area (TPSA) is 40.5 Å². The van der Waals surface area contributed by atoms with E-state index in [0.717, 1.165) is 19.3 Å². The molecule has 3 heteroatoms. The first-order valence-corrected chi connectivity index (χ1v) is 5.25. The van der Waals surface area contributed by atoms with Crippen LogP contribution in [-0.2, 0) is 0 Å². The summed E-state index contributed by atoms with van der Waals surface area (Å²) in [6.07, 6.45) is 2.90. The Bertz CT molecular complexity index is 299. The molecule has 0 heterocycles. The quantitative estimate of drug-likeness (QED) is 0.594. The van der Waals surface area contributed by atoms with Gasteiger partial charge in [0.1, 0.15) is 0 Å². The molecule has 1 aromatic carbocycles. The maximum Gasteiger partial charge on any atom is 0.162 e. The van der Waals surface area contributed by atoms with Crippen molar-refractivity contribution in [3.05, 3.63) is 23.8 Å². The number of phenols is 2. The minimum atomic E-state index is -0.220. The van der Waals surface area contributed by atoms with Crippen molar-refractivity contribution in [2.75, 3.05) is 0 Å². The second-order valence-corrected chi connectivity index (χ2v) is 3.85. The maximum absolute atomic E-state index is 9.53. The Kier molecular flexibility index (Phi) is 4.08. The Hall–Kier alpha value is -0.890. The molecule has 14 heavy (non-hydrogen) atoms. The molecule has 0 aliphatic rings. The third-order valence-electron chi connectivity index (χ3n) is 2.19. The number of rotatable bonds is 4. The third kappa shape index (κ3) is 2.55. The van der Waals surface area contributed by atoms with Gasteiger partial charge in [-0.3, -0.25) is 0 Å². The highest BCUT2D eigenvalue weighted by Crippen LogP contribution is 2.37. The van der Waals surface area contributed by atoms with E-state index < -0.39 is 0 Å². The average molecular weight is 215 g/mol. The summed E-state index contributed by atoms with van der Waals surface area (Å²) >= 11 is 6.09. The van der Waals surface area contributed by atoms with Gasteiger partial charge in [-0.25, -0.2) is 0 Å². The fourth-order valence-corrected chi connectivity index (χ4v) is 1.67. The Morgan fingerprint density at radius 1 is 1.36 bits per heavy atom. The Balaban J connectivity index is 2.79. The van der Waals surface area contributed by atoms with Crippen LogP contribution in [0.15, 0.2) is 18.2 Å². The van der Waals surface area contributed by atoms with E-state index in [-0.39, 0.29) is 16.9 Å². The van der Waals surface area contributed by atoms with Gasteiger partial charge >= 0.3 is 0 Å². The molecule has 1 rings (SSSR count). The van der Waals surface area contributed by atoms with Crippen molar-refractivity contribution < 1.29 is 10.2 Å². The molecule has 0 aliphatic carbocycles. The van der Waals surface area contributed by atoms with Crippen LogP contribution in [0.2, 0.25) is 0 Å². The molecule has 0 radical (unpaired) electrons. The lowest BCUT2D eigenvalue weighted by Gasteiger charge is -2.11. The monoisotopic (exact) mass is 214 g/mol. The number of alkyl halides is 1. The number of hydrogen-bond donors (Lipinski definition) is 2. The number of halogens is 1. The highest BCUT2D eigenvalue weighted by atomic mass is 35.5. The second kappa shape index (κ2) is 5.11. The lowest BCUT2D eigenvalue weighted by atomic mass is 10.1. The molecule has 0 saturated carbocycles. The van der Waals surface area contributed by atoms with Crippen LogP contribution in [0.3, 0.4) is 0 Å². The lowest BCUT2D eigenvalue weighted by Crippen LogP contribution is -1.91. The summed E-state index contributed by atoms with van der Waals surface area (Å²) in [6, 6.07) is 4.87. The summed E-state index contributed by atoms with van der Waals surface area (Å²) < 4.78 is 0. The van der Waals surface area contributed by atoms with Crippen LogP contribution >= 0.6 is 11.6 Å². The van der Waals surface area contributed by atoms with E-state index in [1.54, 1.807) is 12.1 Å². The zero-order chi connectivity index (χ0) is 10.6. The molecule has 0 spiro atoms. The Labute approximate surface area is 89.1 Å². The highest BCUT2D eigenvalue weighted by Gasteiger charge is 2.13. The minimum Gasteiger partial charge on any atom is -0.504 e. The van der Waals surface area contributed by atoms with Gasteiger partial charge in [0.2, 0.25) is 0 Å². The summed E-state index contributed by atoms with van der Waals surface area (Å²) in [5, 5.41) is 18.6. The van der Waals surface area contributed by atoms with Crippen LogP contribution in [0, 0.1) is 0 Å². The van der Waals surface area contributed by atoms with Gasteiger partial charge in [-0.2, -0.15) is 0 Å². The van der Waals surface area contributed by atoms with Gasteiger partial charge in [0.25, 0.3) is 0 Å². The largest absolute Gasteiger partial charge is 0.504 e. The fraction of sp³-hybridized carbons (Fsp3) is 0.455. The van der Waals surface area contributed by atoms with Crippen LogP contribution in [0.25, 0.3) is 0 Å². The first-order valence-electron chi connectivity index (χ1n) is 4.81. The molecule has 0 saturated heterocycles. The lowest BCUT2D eigenvalue weighted by molar-refractivity contribution is 0.398. The molecule has 0 aliphatic heterocycles. The smallest absolute Gasteiger partial charge is 0.162 e. The summed E-state index contributed by atoms with van der Waals surface area (Å²) in [4.78, 5) is 0. The number of aromatic hydroxyl groups is 2. The number of benzene rings is 1. The van der Waals surface area contributed by atoms with Crippen LogP contribution in [0.5, 0.6) is 11.5 Å². The Morgan fingerprint density at radius 3 is 2.71 bits per heavy atom. The molecule has 2 nitrogen and oxygen atoms in total. The molecular formula is C11H15ClO2. The molecular weight excluding hydrogens is 200 g/mol. The van der Waals surface area contributed by atoms with Crippen molar-refractivity contribution in [3.8, 4) is 11.5 Å². The van der Waals surface area contributed by atoms with Crippen molar-refractivity contribution in [2.45, 2.75) is 31.6 Å². The predicted molar refractivity (Wildman–Crippen MR) is 57.9 cm³/mol. The van der Waals surface area contributed by atoms with E-state index in [1.165, 1.54) is 6.07 Å². The molecule has 0 bridgehead atoms. The third-order valence-corrected chi connectivity index (χ3v) is 2.65. The van der Waals surface area contributed by atoms with Crippen LogP contribution in [0.4, 0.5) is 0 Å². The van der Waals surface area contributed by atoms with E-state index in [0.29, 0.717) is 5.56 Å². The molecule has 0 amide bonds. The van der Waals surface area contributed by atoms with Crippen LogP contribution in [0.1, 0.15) is 37.1 Å². The van der Waals surface area contributed by atoms with Crippen molar-refractivity contribution in [1.82, 2.24) is 0 Å². The minimum absolute atomic E-state index is 0.0939. The molecule has 1 aromatic rings. The first kappa shape index (κ1) is 11.2. The number of hydrogen-bond acceptors (Lipinski definition) is 2. The fourth-order valence-electron chi connectivity index (χ4n) is 1.34. The standard InChI is InChI=1S/C11H15ClO2/c1-2-3-6-9(12)8-5-4-7-10(13)11(8)14/h4-5,7,9,13-14H,2-3,6H2,1H3. The number of unbranched alkanes of at least 4 members (excludes halogenated alkanes) is 1. The molecule has 1 unspecified atom stereocenters. The molecule has 0 aromatic heterocycles. The maximum atomic E-state index is 9.53. The van der Waals surface area contributed by atoms with Gasteiger partial charge in [0.15, 0.2) is 11.5 Å². The predicted octanol–water partition coefficient (Wildman–Crippen LogP) is 3.57. The molecule has 78 valence electrons. The van der Waals surface area contributed by atoms with Gasteiger partial charge < -0.3 is 10.2 Å². The second-order valence-electron chi connectivity index (χ2n) is 3.32. The van der Waals surface area contributed by atoms with Gasteiger partial charge in [-0.1, -0.05) is 31.9 Å². The van der Waals surface area contributed by atoms with Crippen LogP contribution in [-0.4, -0.2) is 10.2 Å². The van der Waals surface area contributed by atoms with Gasteiger partial charge in [0, 0.05) is 5.56 Å². The van der Waals surface area contributed by atoms with Crippen LogP contribution < -0.4 is 0 Å². The zero-order valence-electron chi connectivity index (χ0n) is 8.20. The Morgan fingerprint density at radius 2 is 2.07 bits per heavy atom. The average Bonchev–Trinajstić information content (AvgIpc) is 2.18. The van der Waals surface area contributed by atoms with Crippen molar-refractivity contribution in [2.24, 2.45) is 0 Å². The molecule has 0 fully saturated rings. The van der Waals surface area contributed by atoms with Crippen molar-refractivity contribution in [1.29, 1.82) is 0 Å². The van der Waals surface area contributed by atoms with E-state index >= 15 is 0 Å². The van der Waals surface area contributed by atoms with E-state index in [1.807, 2.05) is 0 Å². The SMILES string of the molecule is CCCCC(Cl)c1cccc(O)c1O. The zero-order valence-corrected chi connectivity index (χ0v) is 8.96. The highest BCUT2D eigenvalue weighted by molar-refractivity contribution is 6.21. The summed E-state index contributed by atoms with van der Waals surface area (Å²) in [5.74, 6) is -0.201. The normalized spacial score (nSPS) is 12.7. The summed E-state index contributed by atoms with van der Waals surface area (Å²) in [5.41, 5.74) is 0.611. The van der Waals surface area contributed by atoms with Crippen molar-refractivity contribution in [3.63, 3.8) is 0 Å². The van der Waals surface area contributed by atoms with E-state index in [4.69, 9.17) is 11.6 Å². The van der Waals surface area contributed by atoms with Gasteiger partial charge in [-0.15, -0.1) is 11.6 Å². The van der Waals surface area contributed by atoms with Gasteiger partial charge in [0.05, 0.1) is 5.38 Å². The summed E-state index contributed by atoms with van der Waals surface area (Å²) in [7, 11) is 0. The molecule has 1 atom stereocenters. The molecule has 2 N–H and O–H groups in total. The summed E-state index contributed by atoms with van der Waals surface area (Å²) in [6.45, 7) is 2.09. The first-order chi connectivity index (χ1) is 6.66. The van der Waals surface area contributed by atoms with Gasteiger partial charge in [-0.05, 0) is 12.5 Å². The number of para-hydroxylation sites is 1. The van der Waals surface area contributed by atoms with Crippen molar-refractivity contribution >= 4 is 11.6 Å². The number of phenolic OH excluding ortho intramolecular Hbond substituents is 2. The van der Waals surface area contributed by atoms with E-state index in [9.17, 15) is 10.2 Å². The van der Waals surface area contributed by atoms with E-state index in [2.05, 4.69) is 6.92 Å².